The maximum atomic E-state index is 5.53. The van der Waals surface area contributed by atoms with E-state index in [1.807, 2.05) is 18.8 Å². The van der Waals surface area contributed by atoms with Crippen molar-refractivity contribution in [3.05, 3.63) is 16.6 Å². The number of nitrogens with one attached hydrogen (secondary N) is 1. The minimum atomic E-state index is 0.261. The fourth-order valence-corrected chi connectivity index (χ4v) is 1.40. The molecule has 0 saturated heterocycles. The van der Waals surface area contributed by atoms with Crippen LogP contribution in [0.3, 0.4) is 0 Å². The molecule has 1 atom stereocenters. The molecule has 1 heterocycles. The first-order valence-electron chi connectivity index (χ1n) is 3.96. The zero-order chi connectivity index (χ0) is 8.81. The van der Waals surface area contributed by atoms with Gasteiger partial charge in [-0.1, -0.05) is 0 Å². The van der Waals surface area contributed by atoms with Gasteiger partial charge in [0.2, 0.25) is 0 Å². The fraction of sp³-hybridized carbons (Fsp3) is 0.625. The van der Waals surface area contributed by atoms with Crippen LogP contribution in [0.4, 0.5) is 0 Å². The summed E-state index contributed by atoms with van der Waals surface area (Å²) in [5.74, 6) is 0. The van der Waals surface area contributed by atoms with Gasteiger partial charge < -0.3 is 10.1 Å². The highest BCUT2D eigenvalue weighted by Crippen LogP contribution is 2.07. The highest BCUT2D eigenvalue weighted by atomic mass is 32.1. The Kier molecular flexibility index (Phi) is 4.21. The molecule has 0 aliphatic carbocycles. The number of ether oxygens (including phenoxy) is 1. The second-order valence-corrected chi connectivity index (χ2v) is 3.62. The first kappa shape index (κ1) is 9.64. The van der Waals surface area contributed by atoms with Gasteiger partial charge in [-0.25, -0.2) is 0 Å². The van der Waals surface area contributed by atoms with Crippen molar-refractivity contribution in [1.82, 2.24) is 10.3 Å². The van der Waals surface area contributed by atoms with Crippen LogP contribution >= 0.6 is 11.3 Å². The van der Waals surface area contributed by atoms with Gasteiger partial charge in [-0.15, -0.1) is 11.3 Å². The summed E-state index contributed by atoms with van der Waals surface area (Å²) in [6, 6.07) is 0. The van der Waals surface area contributed by atoms with Crippen molar-refractivity contribution in [2.24, 2.45) is 0 Å². The van der Waals surface area contributed by atoms with Gasteiger partial charge in [-0.3, -0.25) is 4.98 Å². The van der Waals surface area contributed by atoms with Crippen LogP contribution in [0.25, 0.3) is 0 Å². The average Bonchev–Trinajstić information content (AvgIpc) is 2.53. The molecule has 1 aromatic heterocycles. The van der Waals surface area contributed by atoms with E-state index in [4.69, 9.17) is 4.74 Å². The summed E-state index contributed by atoms with van der Waals surface area (Å²) in [6.45, 7) is 3.61. The monoisotopic (exact) mass is 186 g/mol. The van der Waals surface area contributed by atoms with Crippen LogP contribution in [-0.4, -0.2) is 24.7 Å². The van der Waals surface area contributed by atoms with Crippen LogP contribution in [0.1, 0.15) is 11.8 Å². The summed E-state index contributed by atoms with van der Waals surface area (Å²) in [5.41, 5.74) is 1.82. The molecule has 0 fully saturated rings. The molecule has 0 aliphatic rings. The zero-order valence-corrected chi connectivity index (χ0v) is 8.23. The van der Waals surface area contributed by atoms with E-state index in [0.29, 0.717) is 6.61 Å². The van der Waals surface area contributed by atoms with Gasteiger partial charge in [-0.2, -0.15) is 0 Å². The van der Waals surface area contributed by atoms with Gasteiger partial charge >= 0.3 is 0 Å². The molecule has 4 heteroatoms. The molecular weight excluding hydrogens is 172 g/mol. The fourth-order valence-electron chi connectivity index (χ4n) is 0.884. The Bertz CT molecular complexity index is 201. The van der Waals surface area contributed by atoms with Gasteiger partial charge in [0.05, 0.1) is 23.1 Å². The van der Waals surface area contributed by atoms with E-state index in [2.05, 4.69) is 17.2 Å². The molecule has 3 nitrogen and oxygen atoms in total. The van der Waals surface area contributed by atoms with E-state index in [0.717, 1.165) is 6.54 Å². The smallest absolute Gasteiger partial charge is 0.0829 e. The zero-order valence-electron chi connectivity index (χ0n) is 7.41. The molecule has 1 unspecified atom stereocenters. The first-order valence-corrected chi connectivity index (χ1v) is 4.84. The lowest BCUT2D eigenvalue weighted by atomic mass is 10.4. The summed E-state index contributed by atoms with van der Waals surface area (Å²) in [7, 11) is 1.92. The lowest BCUT2D eigenvalue weighted by Crippen LogP contribution is -2.23. The number of hydrogen-bond donors (Lipinski definition) is 1. The largest absolute Gasteiger partial charge is 0.372 e. The molecule has 0 amide bonds. The van der Waals surface area contributed by atoms with Crippen LogP contribution in [0, 0.1) is 0 Å². The number of hydrogen-bond acceptors (Lipinski definition) is 4. The minimum absolute atomic E-state index is 0.261. The molecule has 0 spiro atoms. The Morgan fingerprint density at radius 1 is 1.75 bits per heavy atom. The molecule has 0 aromatic carbocycles. The Balaban J connectivity index is 2.17. The molecule has 12 heavy (non-hydrogen) atoms. The second kappa shape index (κ2) is 5.24. The molecular formula is C8H14N2OS. The van der Waals surface area contributed by atoms with Gasteiger partial charge in [0.15, 0.2) is 0 Å². The van der Waals surface area contributed by atoms with Gasteiger partial charge in [-0.05, 0) is 14.0 Å². The maximum Gasteiger partial charge on any atom is 0.0829 e. The topological polar surface area (TPSA) is 34.1 Å². The minimum Gasteiger partial charge on any atom is -0.372 e. The SMILES string of the molecule is CNCC(C)OCc1cncs1. The van der Waals surface area contributed by atoms with Crippen molar-refractivity contribution < 1.29 is 4.74 Å². The van der Waals surface area contributed by atoms with Crippen LogP contribution in [0.5, 0.6) is 0 Å². The molecule has 0 radical (unpaired) electrons. The standard InChI is InChI=1S/C8H14N2OS/c1-7(3-9-2)11-5-8-4-10-6-12-8/h4,6-7,9H,3,5H2,1-2H3. The van der Waals surface area contributed by atoms with E-state index < -0.39 is 0 Å². The van der Waals surface area contributed by atoms with Crippen LogP contribution in [0.15, 0.2) is 11.7 Å². The van der Waals surface area contributed by atoms with Crippen molar-refractivity contribution in [1.29, 1.82) is 0 Å². The van der Waals surface area contributed by atoms with Crippen molar-refractivity contribution in [2.45, 2.75) is 19.6 Å². The summed E-state index contributed by atoms with van der Waals surface area (Å²) in [6.07, 6.45) is 2.11. The molecule has 1 rings (SSSR count). The number of likely N-dealkylation sites (N-methyl/N-ethyl adjacent to an activating group) is 1. The molecule has 0 saturated carbocycles. The molecule has 1 N–H and O–H groups in total. The van der Waals surface area contributed by atoms with Crippen LogP contribution in [-0.2, 0) is 11.3 Å². The van der Waals surface area contributed by atoms with Crippen molar-refractivity contribution in [3.63, 3.8) is 0 Å². The predicted molar refractivity (Wildman–Crippen MR) is 50.3 cm³/mol. The van der Waals surface area contributed by atoms with Gasteiger partial charge in [0, 0.05) is 12.7 Å². The van der Waals surface area contributed by atoms with Crippen molar-refractivity contribution in [3.8, 4) is 0 Å². The number of nitrogens with zero attached hydrogens (tertiary/aromatic N) is 1. The molecule has 0 aliphatic heterocycles. The normalized spacial score (nSPS) is 13.2. The predicted octanol–water partition coefficient (Wildman–Crippen LogP) is 1.27. The van der Waals surface area contributed by atoms with Crippen molar-refractivity contribution in [2.75, 3.05) is 13.6 Å². The van der Waals surface area contributed by atoms with Crippen LogP contribution < -0.4 is 5.32 Å². The highest BCUT2D eigenvalue weighted by Gasteiger charge is 2.01. The Hall–Kier alpha value is -0.450. The first-order chi connectivity index (χ1) is 5.83. The Labute approximate surface area is 76.8 Å². The quantitative estimate of drug-likeness (QED) is 0.752. The summed E-state index contributed by atoms with van der Waals surface area (Å²) in [4.78, 5) is 5.15. The maximum absolute atomic E-state index is 5.53. The Morgan fingerprint density at radius 3 is 3.17 bits per heavy atom. The lowest BCUT2D eigenvalue weighted by Gasteiger charge is -2.10. The summed E-state index contributed by atoms with van der Waals surface area (Å²) in [5, 5.41) is 3.06. The number of thiazole rings is 1. The average molecular weight is 186 g/mol. The number of rotatable bonds is 5. The second-order valence-electron chi connectivity index (χ2n) is 2.65. The molecule has 1 aromatic rings. The van der Waals surface area contributed by atoms with E-state index >= 15 is 0 Å². The lowest BCUT2D eigenvalue weighted by molar-refractivity contribution is 0.0560. The molecule has 0 bridgehead atoms. The van der Waals surface area contributed by atoms with E-state index in [1.54, 1.807) is 11.3 Å². The number of aromatic nitrogens is 1. The van der Waals surface area contributed by atoms with E-state index in [1.165, 1.54) is 4.88 Å². The highest BCUT2D eigenvalue weighted by molar-refractivity contribution is 7.09. The molecule has 68 valence electrons. The van der Waals surface area contributed by atoms with Gasteiger partial charge in [0.1, 0.15) is 0 Å². The third kappa shape index (κ3) is 3.30. The third-order valence-corrected chi connectivity index (χ3v) is 2.24. The van der Waals surface area contributed by atoms with Crippen molar-refractivity contribution >= 4 is 11.3 Å². The van der Waals surface area contributed by atoms with Crippen LogP contribution in [0.2, 0.25) is 0 Å². The van der Waals surface area contributed by atoms with E-state index in [-0.39, 0.29) is 6.10 Å². The van der Waals surface area contributed by atoms with Gasteiger partial charge in [0.25, 0.3) is 0 Å². The third-order valence-electron chi connectivity index (χ3n) is 1.49. The van der Waals surface area contributed by atoms with E-state index in [9.17, 15) is 0 Å². The summed E-state index contributed by atoms with van der Waals surface area (Å²) < 4.78 is 5.53. The Morgan fingerprint density at radius 2 is 2.58 bits per heavy atom. The summed E-state index contributed by atoms with van der Waals surface area (Å²) >= 11 is 1.63.